The van der Waals surface area contributed by atoms with E-state index in [1.54, 1.807) is 18.2 Å². The minimum atomic E-state index is -1.38. The first-order chi connectivity index (χ1) is 16.4. The highest BCUT2D eigenvalue weighted by Gasteiger charge is 2.50. The quantitative estimate of drug-likeness (QED) is 0.385. The highest BCUT2D eigenvalue weighted by Crippen LogP contribution is 2.51. The lowest BCUT2D eigenvalue weighted by atomic mass is 9.74. The average Bonchev–Trinajstić information content (AvgIpc) is 3.05. The van der Waals surface area contributed by atoms with Gasteiger partial charge in [-0.15, -0.1) is 0 Å². The number of carboxylic acids is 1. The van der Waals surface area contributed by atoms with Crippen molar-refractivity contribution in [3.8, 4) is 11.5 Å². The van der Waals surface area contributed by atoms with E-state index in [0.717, 1.165) is 0 Å². The van der Waals surface area contributed by atoms with Gasteiger partial charge in [-0.25, -0.2) is 9.59 Å². The Balaban J connectivity index is 2.16. The molecule has 0 saturated carbocycles. The van der Waals surface area contributed by atoms with Crippen LogP contribution in [0, 0.1) is 13.8 Å². The van der Waals surface area contributed by atoms with Gasteiger partial charge in [-0.3, -0.25) is 0 Å². The van der Waals surface area contributed by atoms with E-state index in [1.165, 1.54) is 12.1 Å². The fourth-order valence-electron chi connectivity index (χ4n) is 5.05. The maximum atomic E-state index is 13.3. The summed E-state index contributed by atoms with van der Waals surface area (Å²) >= 11 is 0. The molecule has 0 saturated heterocycles. The van der Waals surface area contributed by atoms with E-state index < -0.39 is 17.5 Å². The van der Waals surface area contributed by atoms with Gasteiger partial charge < -0.3 is 20.1 Å². The van der Waals surface area contributed by atoms with Crippen LogP contribution in [0.5, 0.6) is 11.5 Å². The molecule has 3 aromatic rings. The molecular formula is C29H30O6. The Hall–Kier alpha value is -3.80. The molecule has 6 heteroatoms. The molecule has 0 aliphatic carbocycles. The standard InChI is InChI=1S/C29H30O6/c1-14(2)19-12-23(16(5)9-25(19)30)29(24-13-20(15(3)4)26(31)10-17(24)6)22-8-7-18(27(32)33)11-21(22)28(34)35-29/h7-15,30-31H,1-6H3,(H,32,33). The molecule has 0 spiro atoms. The Morgan fingerprint density at radius 1 is 0.800 bits per heavy atom. The number of cyclic esters (lactones) is 1. The number of esters is 1. The second-order valence-corrected chi connectivity index (χ2v) is 9.90. The average molecular weight is 475 g/mol. The number of phenols is 2. The lowest BCUT2D eigenvalue weighted by Gasteiger charge is -2.34. The third-order valence-electron chi connectivity index (χ3n) is 6.86. The number of ether oxygens (including phenoxy) is 1. The monoisotopic (exact) mass is 474 g/mol. The first-order valence-corrected chi connectivity index (χ1v) is 11.7. The largest absolute Gasteiger partial charge is 0.508 e. The van der Waals surface area contributed by atoms with Crippen LogP contribution in [0.2, 0.25) is 0 Å². The smallest absolute Gasteiger partial charge is 0.340 e. The zero-order valence-corrected chi connectivity index (χ0v) is 20.8. The van der Waals surface area contributed by atoms with Gasteiger partial charge in [0.15, 0.2) is 5.60 Å². The van der Waals surface area contributed by atoms with Crippen LogP contribution in [0.3, 0.4) is 0 Å². The molecule has 0 amide bonds. The fraction of sp³-hybridized carbons (Fsp3) is 0.310. The number of aryl methyl sites for hydroxylation is 2. The topological polar surface area (TPSA) is 104 Å². The summed E-state index contributed by atoms with van der Waals surface area (Å²) in [5, 5.41) is 30.8. The van der Waals surface area contributed by atoms with Crippen molar-refractivity contribution in [2.45, 2.75) is 59.0 Å². The number of carboxylic acid groups (broad SMARTS) is 1. The number of hydrogen-bond acceptors (Lipinski definition) is 5. The third-order valence-corrected chi connectivity index (χ3v) is 6.86. The van der Waals surface area contributed by atoms with Gasteiger partial charge in [-0.2, -0.15) is 0 Å². The van der Waals surface area contributed by atoms with Gasteiger partial charge in [0.25, 0.3) is 0 Å². The Labute approximate surface area is 204 Å². The Kier molecular flexibility index (Phi) is 5.87. The van der Waals surface area contributed by atoms with Gasteiger partial charge >= 0.3 is 11.9 Å². The normalized spacial score (nSPS) is 14.3. The van der Waals surface area contributed by atoms with E-state index in [2.05, 4.69) is 0 Å². The molecule has 0 fully saturated rings. The lowest BCUT2D eigenvalue weighted by molar-refractivity contribution is 0.0247. The molecule has 0 bridgehead atoms. The van der Waals surface area contributed by atoms with Crippen molar-refractivity contribution in [2.75, 3.05) is 0 Å². The fourth-order valence-corrected chi connectivity index (χ4v) is 5.05. The Morgan fingerprint density at radius 3 is 1.71 bits per heavy atom. The van der Waals surface area contributed by atoms with Crippen LogP contribution in [0.4, 0.5) is 0 Å². The number of rotatable bonds is 5. The highest BCUT2D eigenvalue weighted by atomic mass is 16.6. The summed E-state index contributed by atoms with van der Waals surface area (Å²) in [5.41, 5.74) is 3.52. The summed E-state index contributed by atoms with van der Waals surface area (Å²) in [7, 11) is 0. The number of carbonyl (C=O) groups is 2. The molecule has 35 heavy (non-hydrogen) atoms. The summed E-state index contributed by atoms with van der Waals surface area (Å²) < 4.78 is 6.24. The SMILES string of the molecule is Cc1cc(O)c(C(C)C)cc1C1(c2cc(C(C)C)c(O)cc2C)OC(=O)c2cc(C(=O)O)ccc21. The molecule has 0 unspecified atom stereocenters. The number of phenolic OH excluding ortho intramolecular Hbond substituents is 2. The predicted molar refractivity (Wildman–Crippen MR) is 133 cm³/mol. The van der Waals surface area contributed by atoms with Gasteiger partial charge in [0.2, 0.25) is 0 Å². The first kappa shape index (κ1) is 24.3. The second-order valence-electron chi connectivity index (χ2n) is 9.90. The number of benzene rings is 3. The van der Waals surface area contributed by atoms with E-state index in [-0.39, 0.29) is 34.5 Å². The predicted octanol–water partition coefficient (Wildman–Crippen LogP) is 6.12. The van der Waals surface area contributed by atoms with E-state index in [0.29, 0.717) is 38.9 Å². The molecule has 182 valence electrons. The van der Waals surface area contributed by atoms with Crippen LogP contribution in [0.15, 0.2) is 42.5 Å². The minimum Gasteiger partial charge on any atom is -0.508 e. The Bertz CT molecular complexity index is 1300. The summed E-state index contributed by atoms with van der Waals surface area (Å²) in [6.45, 7) is 11.6. The molecule has 1 heterocycles. The maximum Gasteiger partial charge on any atom is 0.340 e. The van der Waals surface area contributed by atoms with Crippen LogP contribution >= 0.6 is 0 Å². The molecule has 0 aromatic heterocycles. The molecule has 1 aliphatic heterocycles. The highest BCUT2D eigenvalue weighted by molar-refractivity contribution is 5.99. The number of carbonyl (C=O) groups excluding carboxylic acids is 1. The molecule has 1 aliphatic rings. The van der Waals surface area contributed by atoms with Crippen LogP contribution in [-0.2, 0) is 10.3 Å². The molecule has 0 radical (unpaired) electrons. The molecule has 3 aromatic carbocycles. The van der Waals surface area contributed by atoms with Crippen molar-refractivity contribution in [1.82, 2.24) is 0 Å². The molecule has 6 nitrogen and oxygen atoms in total. The number of aromatic hydroxyl groups is 2. The van der Waals surface area contributed by atoms with E-state index >= 15 is 0 Å². The summed E-state index contributed by atoms with van der Waals surface area (Å²) in [4.78, 5) is 24.9. The zero-order valence-electron chi connectivity index (χ0n) is 20.8. The van der Waals surface area contributed by atoms with Crippen molar-refractivity contribution in [3.63, 3.8) is 0 Å². The van der Waals surface area contributed by atoms with Crippen LogP contribution < -0.4 is 0 Å². The van der Waals surface area contributed by atoms with Crippen molar-refractivity contribution in [1.29, 1.82) is 0 Å². The van der Waals surface area contributed by atoms with Crippen LogP contribution in [0.1, 0.15) is 99.2 Å². The lowest BCUT2D eigenvalue weighted by Crippen LogP contribution is -2.32. The van der Waals surface area contributed by atoms with Crippen molar-refractivity contribution in [2.24, 2.45) is 0 Å². The third kappa shape index (κ3) is 3.73. The van der Waals surface area contributed by atoms with Gasteiger partial charge in [0, 0.05) is 16.7 Å². The zero-order chi connectivity index (χ0) is 25.8. The number of hydrogen-bond donors (Lipinski definition) is 3. The minimum absolute atomic E-state index is 0.00417. The summed E-state index contributed by atoms with van der Waals surface area (Å²) in [6, 6.07) is 11.5. The van der Waals surface area contributed by atoms with E-state index in [4.69, 9.17) is 4.74 Å². The maximum absolute atomic E-state index is 13.3. The second kappa shape index (κ2) is 8.45. The molecule has 4 rings (SSSR count). The first-order valence-electron chi connectivity index (χ1n) is 11.7. The van der Waals surface area contributed by atoms with Gasteiger partial charge in [0.1, 0.15) is 11.5 Å². The summed E-state index contributed by atoms with van der Waals surface area (Å²) in [6.07, 6.45) is 0. The number of fused-ring (bicyclic) bond motifs is 1. The van der Waals surface area contributed by atoms with Crippen LogP contribution in [0.25, 0.3) is 0 Å². The van der Waals surface area contributed by atoms with Crippen LogP contribution in [-0.4, -0.2) is 27.3 Å². The van der Waals surface area contributed by atoms with Gasteiger partial charge in [-0.1, -0.05) is 33.8 Å². The van der Waals surface area contributed by atoms with E-state index in [9.17, 15) is 24.9 Å². The Morgan fingerprint density at radius 2 is 1.29 bits per heavy atom. The van der Waals surface area contributed by atoms with Crippen molar-refractivity contribution < 1.29 is 29.6 Å². The van der Waals surface area contributed by atoms with Gasteiger partial charge in [-0.05, 0) is 84.3 Å². The van der Waals surface area contributed by atoms with E-state index in [1.807, 2.05) is 53.7 Å². The molecule has 0 atom stereocenters. The molecular weight excluding hydrogens is 444 g/mol. The van der Waals surface area contributed by atoms with Crippen molar-refractivity contribution >= 4 is 11.9 Å². The summed E-state index contributed by atoms with van der Waals surface area (Å²) in [5.74, 6) is -1.43. The van der Waals surface area contributed by atoms with Crippen molar-refractivity contribution in [3.05, 3.63) is 92.5 Å². The molecule has 3 N–H and O–H groups in total. The van der Waals surface area contributed by atoms with Gasteiger partial charge in [0.05, 0.1) is 11.1 Å². The number of aromatic carboxylic acids is 1.